The third kappa shape index (κ3) is 2.77. The highest BCUT2D eigenvalue weighted by molar-refractivity contribution is 6.31. The van der Waals surface area contributed by atoms with Crippen molar-refractivity contribution in [3.05, 3.63) is 35.9 Å². The van der Waals surface area contributed by atoms with Crippen molar-refractivity contribution in [2.24, 2.45) is 0 Å². The maximum atomic E-state index is 12.5. The van der Waals surface area contributed by atoms with E-state index in [0.717, 1.165) is 0 Å². The van der Waals surface area contributed by atoms with Crippen LogP contribution in [0.4, 0.5) is 5.69 Å². The molecule has 6 rings (SSSR count). The highest BCUT2D eigenvalue weighted by Crippen LogP contribution is 2.50. The van der Waals surface area contributed by atoms with Gasteiger partial charge in [-0.3, -0.25) is 4.79 Å². The lowest BCUT2D eigenvalue weighted by Gasteiger charge is -2.38. The van der Waals surface area contributed by atoms with Gasteiger partial charge in [0, 0.05) is 16.2 Å². The fourth-order valence-electron chi connectivity index (χ4n) is 4.55. The fourth-order valence-corrected chi connectivity index (χ4v) is 4.55. The standard InChI is InChI=1S/C22H17NO10/c24-15-16(25)19(21(28)29)33-22(17(15)26)32-11-3-1-2-7-8(11)4-10-13-9(20(27)23-10)5-12-18(14(7)13)31-6-30-12/h1-5,15-17,19,22,24-26H,6H2,(H,23,27)(H,28,29)/t15-,16-,17+,19-,22+/m0/s1. The second-order valence-electron chi connectivity index (χ2n) is 7.99. The molecular weight excluding hydrogens is 438 g/mol. The first-order chi connectivity index (χ1) is 15.8. The third-order valence-corrected chi connectivity index (χ3v) is 6.11. The molecule has 3 aliphatic heterocycles. The number of aliphatic carboxylic acids is 1. The van der Waals surface area contributed by atoms with E-state index in [1.165, 1.54) is 0 Å². The van der Waals surface area contributed by atoms with E-state index in [9.17, 15) is 30.0 Å². The van der Waals surface area contributed by atoms with E-state index in [2.05, 4.69) is 5.32 Å². The van der Waals surface area contributed by atoms with Crippen LogP contribution in [0.5, 0.6) is 17.2 Å². The van der Waals surface area contributed by atoms with Gasteiger partial charge in [0.25, 0.3) is 5.91 Å². The Balaban J connectivity index is 1.50. The first kappa shape index (κ1) is 20.0. The Morgan fingerprint density at radius 3 is 2.64 bits per heavy atom. The highest BCUT2D eigenvalue weighted by Gasteiger charge is 2.48. The van der Waals surface area contributed by atoms with Gasteiger partial charge in [-0.25, -0.2) is 4.79 Å². The molecule has 11 heteroatoms. The zero-order valence-corrected chi connectivity index (χ0v) is 16.7. The molecule has 0 aromatic heterocycles. The van der Waals surface area contributed by atoms with Crippen molar-refractivity contribution < 1.29 is 49.0 Å². The van der Waals surface area contributed by atoms with Crippen LogP contribution in [0.2, 0.25) is 0 Å². The first-order valence-electron chi connectivity index (χ1n) is 10.1. The maximum Gasteiger partial charge on any atom is 0.335 e. The third-order valence-electron chi connectivity index (χ3n) is 6.11. The summed E-state index contributed by atoms with van der Waals surface area (Å²) >= 11 is 0. The number of benzene rings is 3. The molecule has 1 saturated heterocycles. The van der Waals surface area contributed by atoms with Gasteiger partial charge in [0.1, 0.15) is 24.1 Å². The Morgan fingerprint density at radius 2 is 1.85 bits per heavy atom. The number of hydrogen-bond donors (Lipinski definition) is 5. The number of anilines is 1. The van der Waals surface area contributed by atoms with Crippen molar-refractivity contribution in [2.75, 3.05) is 12.1 Å². The first-order valence-corrected chi connectivity index (χ1v) is 10.1. The molecule has 5 N–H and O–H groups in total. The number of aliphatic hydroxyl groups is 3. The molecule has 3 aliphatic rings. The predicted octanol–water partition coefficient (Wildman–Crippen LogP) is 0.558. The molecule has 0 unspecified atom stereocenters. The van der Waals surface area contributed by atoms with Crippen LogP contribution in [0.25, 0.3) is 21.5 Å². The molecule has 1 fully saturated rings. The van der Waals surface area contributed by atoms with Gasteiger partial charge in [-0.15, -0.1) is 0 Å². The molecule has 0 radical (unpaired) electrons. The molecule has 11 nitrogen and oxygen atoms in total. The zero-order valence-electron chi connectivity index (χ0n) is 16.7. The SMILES string of the molecule is O=C1Nc2cc3c(O[C@@H]4O[C@H](C(=O)O)[C@@H](O)[C@H](O)[C@H]4O)cccc3c3c4c(cc1c23)OCO4. The van der Waals surface area contributed by atoms with Gasteiger partial charge in [-0.1, -0.05) is 12.1 Å². The minimum Gasteiger partial charge on any atom is -0.479 e. The van der Waals surface area contributed by atoms with E-state index >= 15 is 0 Å². The second kappa shape index (κ2) is 6.93. The lowest BCUT2D eigenvalue weighted by molar-refractivity contribution is -0.270. The molecule has 0 spiro atoms. The number of carbonyl (C=O) groups is 2. The second-order valence-corrected chi connectivity index (χ2v) is 7.99. The van der Waals surface area contributed by atoms with Crippen LogP contribution >= 0.6 is 0 Å². The molecule has 3 aromatic carbocycles. The summed E-state index contributed by atoms with van der Waals surface area (Å²) in [7, 11) is 0. The van der Waals surface area contributed by atoms with Gasteiger partial charge in [0.05, 0.1) is 11.3 Å². The fraction of sp³-hybridized carbons (Fsp3) is 0.273. The van der Waals surface area contributed by atoms with Crippen molar-refractivity contribution in [1.82, 2.24) is 0 Å². The number of amides is 1. The quantitative estimate of drug-likeness (QED) is 0.353. The van der Waals surface area contributed by atoms with E-state index in [1.807, 2.05) is 0 Å². The van der Waals surface area contributed by atoms with Crippen molar-refractivity contribution >= 4 is 39.1 Å². The van der Waals surface area contributed by atoms with Gasteiger partial charge in [0.2, 0.25) is 13.1 Å². The summed E-state index contributed by atoms with van der Waals surface area (Å²) < 4.78 is 22.2. The molecule has 0 saturated carbocycles. The Morgan fingerprint density at radius 1 is 1.03 bits per heavy atom. The number of carbonyl (C=O) groups excluding carboxylic acids is 1. The van der Waals surface area contributed by atoms with E-state index in [4.69, 9.17) is 18.9 Å². The molecular formula is C22H17NO10. The number of rotatable bonds is 3. The van der Waals surface area contributed by atoms with E-state index in [-0.39, 0.29) is 18.4 Å². The summed E-state index contributed by atoms with van der Waals surface area (Å²) in [5.41, 5.74) is 0.973. The van der Waals surface area contributed by atoms with Crippen LogP contribution in [-0.4, -0.2) is 69.8 Å². The minimum atomic E-state index is -1.83. The van der Waals surface area contributed by atoms with Crippen molar-refractivity contribution in [2.45, 2.75) is 30.7 Å². The molecule has 170 valence electrons. The summed E-state index contributed by atoms with van der Waals surface area (Å²) in [6.07, 6.45) is -8.71. The number of carboxylic acids is 1. The number of hydrogen-bond acceptors (Lipinski definition) is 9. The Bertz CT molecular complexity index is 1350. The van der Waals surface area contributed by atoms with E-state index in [1.54, 1.807) is 30.3 Å². The lowest BCUT2D eigenvalue weighted by atomic mass is 9.96. The lowest BCUT2D eigenvalue weighted by Crippen LogP contribution is -2.61. The van der Waals surface area contributed by atoms with Crippen LogP contribution < -0.4 is 19.5 Å². The topological polar surface area (TPSA) is 164 Å². The van der Waals surface area contributed by atoms with Gasteiger partial charge >= 0.3 is 5.97 Å². The van der Waals surface area contributed by atoms with E-state index < -0.39 is 36.7 Å². The predicted molar refractivity (Wildman–Crippen MR) is 110 cm³/mol. The number of nitrogens with one attached hydrogen (secondary N) is 1. The zero-order chi connectivity index (χ0) is 23.0. The highest BCUT2D eigenvalue weighted by atomic mass is 16.7. The van der Waals surface area contributed by atoms with Crippen molar-refractivity contribution in [3.63, 3.8) is 0 Å². The summed E-state index contributed by atoms with van der Waals surface area (Å²) in [5, 5.41) is 44.9. The molecule has 5 atom stereocenters. The van der Waals surface area contributed by atoms with Gasteiger partial charge in [-0.2, -0.15) is 0 Å². The van der Waals surface area contributed by atoms with E-state index in [0.29, 0.717) is 44.3 Å². The average Bonchev–Trinajstić information content (AvgIpc) is 3.39. The van der Waals surface area contributed by atoms with Crippen LogP contribution in [0, 0.1) is 0 Å². The van der Waals surface area contributed by atoms with Crippen LogP contribution in [0.15, 0.2) is 30.3 Å². The normalized spacial score (nSPS) is 27.7. The van der Waals surface area contributed by atoms with Crippen LogP contribution in [0.3, 0.4) is 0 Å². The molecule has 0 bridgehead atoms. The Hall–Kier alpha value is -3.64. The number of ether oxygens (including phenoxy) is 4. The summed E-state index contributed by atoms with van der Waals surface area (Å²) in [4.78, 5) is 23.9. The summed E-state index contributed by atoms with van der Waals surface area (Å²) in [6, 6.07) is 8.37. The number of fused-ring (bicyclic) bond motifs is 4. The van der Waals surface area contributed by atoms with Crippen LogP contribution in [0.1, 0.15) is 10.4 Å². The number of carboxylic acid groups (broad SMARTS) is 1. The molecule has 3 heterocycles. The van der Waals surface area contributed by atoms with Crippen LogP contribution in [-0.2, 0) is 9.53 Å². The van der Waals surface area contributed by atoms with Gasteiger partial charge in [0.15, 0.2) is 17.6 Å². The minimum absolute atomic E-state index is 0.0102. The van der Waals surface area contributed by atoms with Gasteiger partial charge < -0.3 is 44.7 Å². The summed E-state index contributed by atoms with van der Waals surface area (Å²) in [6.45, 7) is 0.0102. The molecule has 1 amide bonds. The maximum absolute atomic E-state index is 12.5. The average molecular weight is 455 g/mol. The smallest absolute Gasteiger partial charge is 0.335 e. The van der Waals surface area contributed by atoms with Gasteiger partial charge in [-0.05, 0) is 23.6 Å². The van der Waals surface area contributed by atoms with Crippen molar-refractivity contribution in [1.29, 1.82) is 0 Å². The Labute approximate surface area is 184 Å². The van der Waals surface area contributed by atoms with Crippen molar-refractivity contribution in [3.8, 4) is 17.2 Å². The number of aliphatic hydroxyl groups excluding tert-OH is 3. The molecule has 33 heavy (non-hydrogen) atoms. The summed E-state index contributed by atoms with van der Waals surface area (Å²) in [5.74, 6) is -0.693. The molecule has 3 aromatic rings. The monoisotopic (exact) mass is 455 g/mol. The molecule has 0 aliphatic carbocycles. The largest absolute Gasteiger partial charge is 0.479 e. The Kier molecular flexibility index (Phi) is 4.20.